The summed E-state index contributed by atoms with van der Waals surface area (Å²) in [4.78, 5) is 29.6. The Hall–Kier alpha value is -2.39. The second-order valence-corrected chi connectivity index (χ2v) is 9.35. The molecule has 1 aliphatic carbocycles. The summed E-state index contributed by atoms with van der Waals surface area (Å²) in [6, 6.07) is 6.78. The molecule has 30 heavy (non-hydrogen) atoms. The number of fused-ring (bicyclic) bond motifs is 1. The molecule has 0 saturated carbocycles. The van der Waals surface area contributed by atoms with Gasteiger partial charge in [0.15, 0.2) is 5.13 Å². The van der Waals surface area contributed by atoms with Gasteiger partial charge < -0.3 is 9.84 Å². The Bertz CT molecular complexity index is 1230. The van der Waals surface area contributed by atoms with Gasteiger partial charge >= 0.3 is 5.97 Å². The molecule has 0 bridgehead atoms. The van der Waals surface area contributed by atoms with Crippen molar-refractivity contribution in [1.29, 1.82) is 0 Å². The predicted octanol–water partition coefficient (Wildman–Crippen LogP) is 5.98. The third kappa shape index (κ3) is 4.09. The number of carbonyl (C=O) groups is 2. The molecule has 1 aliphatic rings. The van der Waals surface area contributed by atoms with Crippen LogP contribution in [0, 0.1) is 0 Å². The van der Waals surface area contributed by atoms with Crippen LogP contribution < -0.4 is 10.1 Å². The largest absolute Gasteiger partial charge is 0.486 e. The lowest BCUT2D eigenvalue weighted by Gasteiger charge is -2.06. The predicted molar refractivity (Wildman–Crippen MR) is 120 cm³/mol. The number of amides is 1. The van der Waals surface area contributed by atoms with Crippen molar-refractivity contribution in [1.82, 2.24) is 4.98 Å². The first-order chi connectivity index (χ1) is 14.3. The number of carboxylic acids is 1. The number of thiazole rings is 1. The Labute approximate surface area is 189 Å². The Balaban J connectivity index is 1.63. The third-order valence-electron chi connectivity index (χ3n) is 4.43. The zero-order valence-corrected chi connectivity index (χ0v) is 18.6. The maximum atomic E-state index is 12.6. The normalized spacial score (nSPS) is 14.0. The first kappa shape index (κ1) is 20.9. The summed E-state index contributed by atoms with van der Waals surface area (Å²) >= 11 is 14.9. The lowest BCUT2D eigenvalue weighted by atomic mass is 10.1. The van der Waals surface area contributed by atoms with Crippen molar-refractivity contribution in [2.75, 3.05) is 5.32 Å². The summed E-state index contributed by atoms with van der Waals surface area (Å²) in [6.07, 6.45) is 0.368. The van der Waals surface area contributed by atoms with E-state index in [1.807, 2.05) is 24.4 Å². The highest BCUT2D eigenvalue weighted by Gasteiger charge is 2.25. The highest BCUT2D eigenvalue weighted by atomic mass is 35.5. The van der Waals surface area contributed by atoms with Gasteiger partial charge in [-0.25, -0.2) is 9.78 Å². The molecule has 0 aliphatic heterocycles. The molecule has 0 spiro atoms. The van der Waals surface area contributed by atoms with Crippen molar-refractivity contribution in [2.45, 2.75) is 20.0 Å². The van der Waals surface area contributed by atoms with Crippen LogP contribution in [0.1, 0.15) is 28.6 Å². The van der Waals surface area contributed by atoms with Gasteiger partial charge in [0.25, 0.3) is 5.91 Å². The zero-order valence-electron chi connectivity index (χ0n) is 15.5. The molecule has 154 valence electrons. The summed E-state index contributed by atoms with van der Waals surface area (Å²) in [5, 5.41) is 15.0. The van der Waals surface area contributed by atoms with Crippen molar-refractivity contribution >= 4 is 73.1 Å². The van der Waals surface area contributed by atoms with Crippen molar-refractivity contribution in [3.05, 3.63) is 61.3 Å². The number of aromatic nitrogens is 1. The number of nitrogens with one attached hydrogen (secondary N) is 1. The lowest BCUT2D eigenvalue weighted by molar-refractivity contribution is -0.112. The number of hydrogen-bond donors (Lipinski definition) is 2. The molecule has 0 fully saturated rings. The summed E-state index contributed by atoms with van der Waals surface area (Å²) in [5.74, 6) is -1.13. The highest BCUT2D eigenvalue weighted by Crippen LogP contribution is 2.39. The van der Waals surface area contributed by atoms with Gasteiger partial charge in [0, 0.05) is 16.9 Å². The third-order valence-corrected chi connectivity index (χ3v) is 7.22. The fourth-order valence-electron chi connectivity index (χ4n) is 2.92. The Morgan fingerprint density at radius 3 is 2.73 bits per heavy atom. The van der Waals surface area contributed by atoms with Crippen LogP contribution >= 0.6 is 45.9 Å². The number of rotatable bonds is 6. The van der Waals surface area contributed by atoms with Gasteiger partial charge in [-0.3, -0.25) is 10.1 Å². The molecule has 2 heterocycles. The number of benzene rings is 1. The number of nitrogens with zero attached hydrogens (tertiary/aromatic N) is 1. The summed E-state index contributed by atoms with van der Waals surface area (Å²) in [5.41, 5.74) is 1.76. The molecule has 4 rings (SSSR count). The number of allylic oxidation sites excluding steroid dienone is 3. The molecule has 6 nitrogen and oxygen atoms in total. The number of carbonyl (C=O) groups excluding carboxylic acids is 1. The van der Waals surface area contributed by atoms with Gasteiger partial charge in [-0.2, -0.15) is 0 Å². The van der Waals surface area contributed by atoms with E-state index < -0.39 is 11.9 Å². The topological polar surface area (TPSA) is 88.5 Å². The number of hydrogen-bond acceptors (Lipinski definition) is 6. The molecule has 0 unspecified atom stereocenters. The van der Waals surface area contributed by atoms with Crippen LogP contribution in [-0.2, 0) is 11.4 Å². The molecular weight excluding hydrogens is 467 g/mol. The van der Waals surface area contributed by atoms with Crippen LogP contribution in [0.2, 0.25) is 0 Å². The Morgan fingerprint density at radius 1 is 1.30 bits per heavy atom. The van der Waals surface area contributed by atoms with E-state index in [1.165, 1.54) is 23.5 Å². The molecule has 2 aromatic heterocycles. The fraction of sp³-hybridized carbons (Fsp3) is 0.150. The van der Waals surface area contributed by atoms with Crippen LogP contribution in [0.15, 0.2) is 50.9 Å². The van der Waals surface area contributed by atoms with Crippen LogP contribution in [0.25, 0.3) is 10.2 Å². The van der Waals surface area contributed by atoms with E-state index in [2.05, 4.69) is 10.3 Å². The maximum absolute atomic E-state index is 12.6. The van der Waals surface area contributed by atoms with Gasteiger partial charge in [-0.1, -0.05) is 40.6 Å². The standard InChI is InChI=1S/C20H14Cl2N2O4S2/c1-9-5-12(16(22)15(9)21)18(25)24-20-23-17-13(28-8-11-3-2-4-29-11)6-10(19(26)27)7-14(17)30-20/h2-4,6-7H,5,8H2,1H3,(H,26,27)(H,23,24,25). The number of thiophene rings is 1. The minimum Gasteiger partial charge on any atom is -0.486 e. The molecule has 1 amide bonds. The van der Waals surface area contributed by atoms with Gasteiger partial charge in [0.05, 0.1) is 20.3 Å². The van der Waals surface area contributed by atoms with Gasteiger partial charge in [0.2, 0.25) is 0 Å². The molecule has 10 heteroatoms. The number of aromatic carboxylic acids is 1. The molecular formula is C20H14Cl2N2O4S2. The van der Waals surface area contributed by atoms with E-state index >= 15 is 0 Å². The van der Waals surface area contributed by atoms with E-state index in [0.717, 1.165) is 21.8 Å². The second-order valence-electron chi connectivity index (χ2n) is 6.53. The molecule has 2 N–H and O–H groups in total. The van der Waals surface area contributed by atoms with E-state index in [9.17, 15) is 14.7 Å². The number of anilines is 1. The SMILES string of the molecule is CC1=C(Cl)C(Cl)=C(C(=O)Nc2nc3c(OCc4cccs4)cc(C(=O)O)cc3s2)C1. The van der Waals surface area contributed by atoms with Gasteiger partial charge in [-0.15, -0.1) is 11.3 Å². The Kier molecular flexibility index (Phi) is 5.84. The molecule has 1 aromatic carbocycles. The van der Waals surface area contributed by atoms with E-state index in [1.54, 1.807) is 0 Å². The fourth-order valence-corrected chi connectivity index (χ4v) is 4.95. The zero-order chi connectivity index (χ0) is 21.4. The average Bonchev–Trinajstić information content (AvgIpc) is 3.42. The van der Waals surface area contributed by atoms with Crippen molar-refractivity contribution < 1.29 is 19.4 Å². The number of ether oxygens (including phenoxy) is 1. The first-order valence-electron chi connectivity index (χ1n) is 8.72. The minimum atomic E-state index is -1.07. The smallest absolute Gasteiger partial charge is 0.335 e. The van der Waals surface area contributed by atoms with Gasteiger partial charge in [0.1, 0.15) is 17.9 Å². The molecule has 0 atom stereocenters. The monoisotopic (exact) mass is 480 g/mol. The number of carboxylic acid groups (broad SMARTS) is 1. The lowest BCUT2D eigenvalue weighted by Crippen LogP contribution is -2.14. The molecule has 3 aromatic rings. The van der Waals surface area contributed by atoms with Crippen LogP contribution in [0.3, 0.4) is 0 Å². The summed E-state index contributed by atoms with van der Waals surface area (Å²) in [7, 11) is 0. The van der Waals surface area contributed by atoms with E-state index in [0.29, 0.717) is 44.7 Å². The van der Waals surface area contributed by atoms with E-state index in [-0.39, 0.29) is 10.6 Å². The van der Waals surface area contributed by atoms with Gasteiger partial charge in [-0.05, 0) is 36.1 Å². The van der Waals surface area contributed by atoms with Crippen molar-refractivity contribution in [3.63, 3.8) is 0 Å². The highest BCUT2D eigenvalue weighted by molar-refractivity contribution is 7.22. The summed E-state index contributed by atoms with van der Waals surface area (Å²) in [6.45, 7) is 2.11. The van der Waals surface area contributed by atoms with Crippen molar-refractivity contribution in [2.24, 2.45) is 0 Å². The second kappa shape index (κ2) is 8.39. The van der Waals surface area contributed by atoms with Crippen LogP contribution in [0.5, 0.6) is 5.75 Å². The quantitative estimate of drug-likeness (QED) is 0.452. The van der Waals surface area contributed by atoms with Crippen molar-refractivity contribution in [3.8, 4) is 5.75 Å². The van der Waals surface area contributed by atoms with Crippen LogP contribution in [-0.4, -0.2) is 22.0 Å². The van der Waals surface area contributed by atoms with Crippen LogP contribution in [0.4, 0.5) is 5.13 Å². The average molecular weight is 481 g/mol. The minimum absolute atomic E-state index is 0.0818. The molecule has 0 saturated heterocycles. The summed E-state index contributed by atoms with van der Waals surface area (Å²) < 4.78 is 6.43. The molecule has 0 radical (unpaired) electrons. The first-order valence-corrected chi connectivity index (χ1v) is 11.2. The maximum Gasteiger partial charge on any atom is 0.335 e. The van der Waals surface area contributed by atoms with E-state index in [4.69, 9.17) is 27.9 Å². The number of halogens is 2. The Morgan fingerprint density at radius 2 is 2.10 bits per heavy atom.